The molecule has 0 radical (unpaired) electrons. The molecule has 0 aromatic heterocycles. The van der Waals surface area contributed by atoms with Gasteiger partial charge in [0.05, 0.1) is 0 Å². The van der Waals surface area contributed by atoms with Crippen LogP contribution in [-0.2, 0) is 0 Å². The van der Waals surface area contributed by atoms with Gasteiger partial charge in [-0.1, -0.05) is 0 Å². The van der Waals surface area contributed by atoms with Crippen molar-refractivity contribution in [1.29, 1.82) is 0 Å². The number of carbonyl (C=O) groups is 1. The van der Waals surface area contributed by atoms with Crippen LogP contribution in [0.25, 0.3) is 0 Å². The second-order valence-corrected chi connectivity index (χ2v) is 21.7. The zero-order chi connectivity index (χ0) is 27.9. The van der Waals surface area contributed by atoms with Gasteiger partial charge in [-0.25, -0.2) is 0 Å². The van der Waals surface area contributed by atoms with Gasteiger partial charge in [0.25, 0.3) is 0 Å². The van der Waals surface area contributed by atoms with E-state index >= 15 is 0 Å². The van der Waals surface area contributed by atoms with Gasteiger partial charge < -0.3 is 0 Å². The van der Waals surface area contributed by atoms with Gasteiger partial charge in [0, 0.05) is 0 Å². The maximum atomic E-state index is 14.9. The molecule has 0 aliphatic carbocycles. The van der Waals surface area contributed by atoms with E-state index in [1.165, 1.54) is 16.3 Å². The van der Waals surface area contributed by atoms with Crippen LogP contribution in [0.4, 0.5) is 0 Å². The molecule has 2 heteroatoms. The van der Waals surface area contributed by atoms with E-state index < -0.39 is 18.4 Å². The first-order chi connectivity index (χ1) is 20.3. The molecule has 1 nitrogen and oxygen atoms in total. The summed E-state index contributed by atoms with van der Waals surface area (Å²) in [6.07, 6.45) is 0. The van der Waals surface area contributed by atoms with E-state index in [2.05, 4.69) is 146 Å². The van der Waals surface area contributed by atoms with Gasteiger partial charge in [0.1, 0.15) is 0 Å². The first-order valence-electron chi connectivity index (χ1n) is 14.2. The topological polar surface area (TPSA) is 17.1 Å². The van der Waals surface area contributed by atoms with Crippen molar-refractivity contribution in [1.82, 2.24) is 0 Å². The second-order valence-electron chi connectivity index (χ2n) is 10.4. The minimum atomic E-state index is -4.12. The fourth-order valence-corrected chi connectivity index (χ4v) is 22.9. The van der Waals surface area contributed by atoms with Crippen LogP contribution < -0.4 is 10.7 Å². The number of carbonyl (C=O) groups excluding carboxylic acids is 1. The number of rotatable bonds is 9. The summed E-state index contributed by atoms with van der Waals surface area (Å²) in [7, 11) is 0. The van der Waals surface area contributed by atoms with E-state index in [0.717, 1.165) is 11.1 Å². The summed E-state index contributed by atoms with van der Waals surface area (Å²) >= 11 is -4.12. The van der Waals surface area contributed by atoms with Gasteiger partial charge >= 0.3 is 248 Å². The van der Waals surface area contributed by atoms with E-state index in [1.807, 2.05) is 36.4 Å². The first kappa shape index (κ1) is 27.0. The molecule has 6 rings (SSSR count). The fourth-order valence-electron chi connectivity index (χ4n) is 6.43. The van der Waals surface area contributed by atoms with Crippen LogP contribution in [0.1, 0.15) is 31.3 Å². The van der Waals surface area contributed by atoms with Crippen molar-refractivity contribution in [2.24, 2.45) is 0 Å². The van der Waals surface area contributed by atoms with Crippen molar-refractivity contribution < 1.29 is 4.79 Å². The normalized spacial score (nSPS) is 12.8. The Balaban J connectivity index is 1.77. The van der Waals surface area contributed by atoms with Gasteiger partial charge in [0.15, 0.2) is 0 Å². The summed E-state index contributed by atoms with van der Waals surface area (Å²) in [6.45, 7) is 0. The zero-order valence-electron chi connectivity index (χ0n) is 22.9. The van der Waals surface area contributed by atoms with Crippen molar-refractivity contribution in [2.45, 2.75) is 9.85 Å². The molecule has 0 unspecified atom stereocenters. The standard InChI is InChI=1S/C21H17O.3C6H5.Sn/c22-21(19-14-8-3-9-15-19)20(18-12-6-2-7-13-18)16-17-10-4-1-5-11-17;3*1-2-4-6-5-3-1;/h1-16,20H;3*1-5H;/t20-;;;;/m0..../s1. The molecule has 0 saturated carbocycles. The molecule has 0 spiro atoms. The summed E-state index contributed by atoms with van der Waals surface area (Å²) < 4.78 is 4.01. The number of hydrogen-bond donors (Lipinski definition) is 0. The Labute approximate surface area is 247 Å². The molecule has 0 aliphatic heterocycles. The number of Topliss-reactive ketones (excluding diaryl/α,β-unsaturated/α-hetero) is 1. The molecule has 0 bridgehead atoms. The van der Waals surface area contributed by atoms with E-state index in [4.69, 9.17) is 0 Å². The summed E-state index contributed by atoms with van der Waals surface area (Å²) in [6, 6.07) is 64.1. The van der Waals surface area contributed by atoms with Crippen LogP contribution >= 0.6 is 0 Å². The molecule has 0 aliphatic rings. The van der Waals surface area contributed by atoms with Crippen LogP contribution in [0, 0.1) is 0 Å². The Morgan fingerprint density at radius 1 is 0.390 bits per heavy atom. The molecule has 6 aromatic carbocycles. The van der Waals surface area contributed by atoms with E-state index in [-0.39, 0.29) is 15.6 Å². The summed E-state index contributed by atoms with van der Waals surface area (Å²) in [5, 5.41) is 0. The van der Waals surface area contributed by atoms with Crippen LogP contribution in [-0.4, -0.2) is 24.2 Å². The van der Waals surface area contributed by atoms with Crippen LogP contribution in [0.15, 0.2) is 182 Å². The third kappa shape index (κ3) is 5.30. The number of benzene rings is 6. The monoisotopic (exact) mass is 636 g/mol. The maximum absolute atomic E-state index is 14.9. The predicted molar refractivity (Wildman–Crippen MR) is 173 cm³/mol. The van der Waals surface area contributed by atoms with Crippen molar-refractivity contribution in [3.63, 3.8) is 0 Å². The molecular formula is C39H32OSn. The van der Waals surface area contributed by atoms with Gasteiger partial charge in [-0.05, 0) is 0 Å². The van der Waals surface area contributed by atoms with Gasteiger partial charge in [-0.3, -0.25) is 0 Å². The Morgan fingerprint density at radius 2 is 0.707 bits per heavy atom. The molecule has 41 heavy (non-hydrogen) atoms. The molecule has 0 heterocycles. The quantitative estimate of drug-likeness (QED) is 0.122. The van der Waals surface area contributed by atoms with E-state index in [0.29, 0.717) is 0 Å². The van der Waals surface area contributed by atoms with E-state index in [9.17, 15) is 4.79 Å². The summed E-state index contributed by atoms with van der Waals surface area (Å²) in [5.74, 6) is -0.216. The SMILES string of the molecule is O=C(c1ccccc1)[C@H](c1ccccc1)[C@@H](c1ccccc1)[Sn]([c]1ccccc1)([c]1ccccc1)[c]1ccccc1. The third-order valence-electron chi connectivity index (χ3n) is 8.15. The molecule has 2 atom stereocenters. The van der Waals surface area contributed by atoms with Crippen molar-refractivity contribution >= 4 is 34.9 Å². The molecule has 6 aromatic rings. The van der Waals surface area contributed by atoms with Gasteiger partial charge in [-0.15, -0.1) is 0 Å². The minimum absolute atomic E-state index is 0.0622. The Morgan fingerprint density at radius 3 is 1.10 bits per heavy atom. The second kappa shape index (κ2) is 12.5. The molecule has 0 N–H and O–H groups in total. The average Bonchev–Trinajstić information content (AvgIpc) is 3.07. The Hall–Kier alpha value is -4.21. The molecule has 198 valence electrons. The Bertz CT molecular complexity index is 1570. The van der Waals surface area contributed by atoms with Crippen LogP contribution in [0.5, 0.6) is 0 Å². The molecule has 0 fully saturated rings. The molecule has 0 saturated heterocycles. The predicted octanol–water partition coefficient (Wildman–Crippen LogP) is 7.15. The third-order valence-corrected chi connectivity index (χ3v) is 23.4. The van der Waals surface area contributed by atoms with Gasteiger partial charge in [0.2, 0.25) is 0 Å². The first-order valence-corrected chi connectivity index (χ1v) is 20.1. The van der Waals surface area contributed by atoms with E-state index in [1.54, 1.807) is 0 Å². The Kier molecular flexibility index (Phi) is 8.25. The fraction of sp³-hybridized carbons (Fsp3) is 0.0513. The van der Waals surface area contributed by atoms with Crippen LogP contribution in [0.3, 0.4) is 0 Å². The van der Waals surface area contributed by atoms with Crippen molar-refractivity contribution in [3.05, 3.63) is 199 Å². The zero-order valence-corrected chi connectivity index (χ0v) is 25.7. The number of ketones is 1. The number of hydrogen-bond acceptors (Lipinski definition) is 1. The van der Waals surface area contributed by atoms with Crippen molar-refractivity contribution in [2.75, 3.05) is 0 Å². The molecule has 0 amide bonds. The van der Waals surface area contributed by atoms with Gasteiger partial charge in [-0.2, -0.15) is 0 Å². The summed E-state index contributed by atoms with van der Waals surface area (Å²) in [5.41, 5.74) is 3.01. The van der Waals surface area contributed by atoms with Crippen LogP contribution in [0.2, 0.25) is 0 Å². The summed E-state index contributed by atoms with van der Waals surface area (Å²) in [4.78, 5) is 14.9. The van der Waals surface area contributed by atoms with Crippen molar-refractivity contribution in [3.8, 4) is 0 Å². The molecular weight excluding hydrogens is 603 g/mol. The average molecular weight is 635 g/mol.